The van der Waals surface area contributed by atoms with Crippen molar-refractivity contribution in [2.24, 2.45) is 5.73 Å². The highest BCUT2D eigenvalue weighted by Crippen LogP contribution is 1.92. The van der Waals surface area contributed by atoms with Crippen LogP contribution in [0.1, 0.15) is 13.8 Å². The highest BCUT2D eigenvalue weighted by Gasteiger charge is 2.20. The van der Waals surface area contributed by atoms with Crippen LogP contribution in [0.25, 0.3) is 0 Å². The third kappa shape index (κ3) is 6.37. The first kappa shape index (κ1) is 14.3. The molecule has 0 bridgehead atoms. The van der Waals surface area contributed by atoms with Crippen LogP contribution in [0.5, 0.6) is 0 Å². The summed E-state index contributed by atoms with van der Waals surface area (Å²) in [5.41, 5.74) is 5.22. The molecular weight excluding hydrogens is 240 g/mol. The Morgan fingerprint density at radius 2 is 2.13 bits per heavy atom. The molecular formula is C7H14N2O4S2. The Kier molecular flexibility index (Phi) is 5.69. The van der Waals surface area contributed by atoms with Crippen molar-refractivity contribution in [3.63, 3.8) is 0 Å². The van der Waals surface area contributed by atoms with Gasteiger partial charge in [0.05, 0.1) is 17.6 Å². The lowest BCUT2D eigenvalue weighted by molar-refractivity contribution is -0.139. The number of nitrogens with one attached hydrogen (secondary N) is 1. The van der Waals surface area contributed by atoms with Gasteiger partial charge in [-0.05, 0) is 13.8 Å². The van der Waals surface area contributed by atoms with Gasteiger partial charge in [-0.1, -0.05) is 12.2 Å². The largest absolute Gasteiger partial charge is 0.465 e. The maximum absolute atomic E-state index is 11.3. The van der Waals surface area contributed by atoms with Crippen molar-refractivity contribution in [2.45, 2.75) is 19.9 Å². The lowest BCUT2D eigenvalue weighted by atomic mass is 10.4. The molecule has 88 valence electrons. The van der Waals surface area contributed by atoms with Crippen LogP contribution in [0.4, 0.5) is 0 Å². The van der Waals surface area contributed by atoms with Crippen molar-refractivity contribution in [3.05, 3.63) is 0 Å². The molecule has 6 nitrogen and oxygen atoms in total. The van der Waals surface area contributed by atoms with E-state index < -0.39 is 27.8 Å². The Hall–Kier alpha value is -0.730. The van der Waals surface area contributed by atoms with Crippen LogP contribution in [0.3, 0.4) is 0 Å². The molecule has 0 aromatic heterocycles. The van der Waals surface area contributed by atoms with Crippen LogP contribution in [0, 0.1) is 0 Å². The Balaban J connectivity index is 4.32. The van der Waals surface area contributed by atoms with Gasteiger partial charge in [-0.2, -0.15) is 0 Å². The Bertz CT molecular complexity index is 339. The highest BCUT2D eigenvalue weighted by atomic mass is 32.2. The predicted octanol–water partition coefficient (Wildman–Crippen LogP) is -0.856. The molecule has 3 N–H and O–H groups in total. The Labute approximate surface area is 94.2 Å². The molecule has 0 rings (SSSR count). The summed E-state index contributed by atoms with van der Waals surface area (Å²) in [5.74, 6) is -1.53. The van der Waals surface area contributed by atoms with Gasteiger partial charge in [0.2, 0.25) is 10.0 Å². The van der Waals surface area contributed by atoms with E-state index in [1.54, 1.807) is 6.92 Å². The molecule has 0 fully saturated rings. The van der Waals surface area contributed by atoms with Gasteiger partial charge in [0.1, 0.15) is 0 Å². The van der Waals surface area contributed by atoms with Crippen molar-refractivity contribution < 1.29 is 17.9 Å². The summed E-state index contributed by atoms with van der Waals surface area (Å²) in [6.45, 7) is 3.22. The molecule has 0 heterocycles. The lowest BCUT2D eigenvalue weighted by Crippen LogP contribution is -2.43. The summed E-state index contributed by atoms with van der Waals surface area (Å²) in [6, 6.07) is -0.681. The van der Waals surface area contributed by atoms with E-state index >= 15 is 0 Å². The molecule has 0 spiro atoms. The van der Waals surface area contributed by atoms with Gasteiger partial charge >= 0.3 is 5.97 Å². The number of thiocarbonyl (C=S) groups is 1. The minimum Gasteiger partial charge on any atom is -0.465 e. The van der Waals surface area contributed by atoms with Gasteiger partial charge in [0.15, 0.2) is 5.75 Å². The molecule has 1 unspecified atom stereocenters. The summed E-state index contributed by atoms with van der Waals surface area (Å²) in [4.78, 5) is 10.9. The molecule has 0 aromatic rings. The lowest BCUT2D eigenvalue weighted by Gasteiger charge is -2.11. The van der Waals surface area contributed by atoms with Gasteiger partial charge in [-0.15, -0.1) is 0 Å². The third-order valence-electron chi connectivity index (χ3n) is 1.40. The normalized spacial score (nSPS) is 13.2. The minimum atomic E-state index is -3.74. The fraction of sp³-hybridized carbons (Fsp3) is 0.714. The van der Waals surface area contributed by atoms with E-state index in [0.717, 1.165) is 0 Å². The van der Waals surface area contributed by atoms with E-state index in [0.29, 0.717) is 0 Å². The monoisotopic (exact) mass is 254 g/mol. The summed E-state index contributed by atoms with van der Waals surface area (Å²) >= 11 is 4.59. The summed E-state index contributed by atoms with van der Waals surface area (Å²) in [6.07, 6.45) is 0. The maximum Gasteiger partial charge on any atom is 0.322 e. The van der Waals surface area contributed by atoms with Gasteiger partial charge in [0.25, 0.3) is 0 Å². The number of rotatable bonds is 6. The van der Waals surface area contributed by atoms with E-state index in [4.69, 9.17) is 5.73 Å². The average molecular weight is 254 g/mol. The molecule has 1 atom stereocenters. The van der Waals surface area contributed by atoms with Gasteiger partial charge in [0, 0.05) is 0 Å². The van der Waals surface area contributed by atoms with Crippen molar-refractivity contribution in [2.75, 3.05) is 12.4 Å². The molecule has 0 radical (unpaired) electrons. The zero-order valence-electron chi connectivity index (χ0n) is 8.52. The SMILES string of the molecule is CCOC(=O)CS(=O)(=O)NC(C)C(N)=S. The Morgan fingerprint density at radius 3 is 2.53 bits per heavy atom. The van der Waals surface area contributed by atoms with Gasteiger partial charge in [-0.3, -0.25) is 4.79 Å². The number of nitrogens with two attached hydrogens (primary N) is 1. The highest BCUT2D eigenvalue weighted by molar-refractivity contribution is 7.90. The zero-order valence-corrected chi connectivity index (χ0v) is 10.2. The van der Waals surface area contributed by atoms with Gasteiger partial charge in [-0.25, -0.2) is 13.1 Å². The fourth-order valence-corrected chi connectivity index (χ4v) is 2.00. The smallest absolute Gasteiger partial charge is 0.322 e. The number of hydrogen-bond acceptors (Lipinski definition) is 5. The number of ether oxygens (including phenoxy) is 1. The van der Waals surface area contributed by atoms with Crippen molar-refractivity contribution in [1.82, 2.24) is 4.72 Å². The van der Waals surface area contributed by atoms with Crippen LogP contribution >= 0.6 is 12.2 Å². The average Bonchev–Trinajstić information content (AvgIpc) is 2.01. The second kappa shape index (κ2) is 5.99. The number of esters is 1. The second-order valence-electron chi connectivity index (χ2n) is 2.81. The number of carbonyl (C=O) groups excluding carboxylic acids is 1. The van der Waals surface area contributed by atoms with E-state index in [1.165, 1.54) is 6.92 Å². The summed E-state index contributed by atoms with van der Waals surface area (Å²) in [5, 5.41) is 0. The standard InChI is InChI=1S/C7H14N2O4S2/c1-3-13-6(10)4-15(11,12)9-5(2)7(8)14/h5,9H,3-4H2,1-2H3,(H2,8,14). The van der Waals surface area contributed by atoms with Crippen LogP contribution in [0.15, 0.2) is 0 Å². The maximum atomic E-state index is 11.3. The van der Waals surface area contributed by atoms with E-state index in [9.17, 15) is 13.2 Å². The fourth-order valence-electron chi connectivity index (χ4n) is 0.727. The molecule has 8 heteroatoms. The first-order chi connectivity index (χ1) is 6.78. The van der Waals surface area contributed by atoms with Crippen molar-refractivity contribution in [3.8, 4) is 0 Å². The number of sulfonamides is 1. The third-order valence-corrected chi connectivity index (χ3v) is 3.08. The van der Waals surface area contributed by atoms with Crippen LogP contribution in [0.2, 0.25) is 0 Å². The molecule has 0 aliphatic heterocycles. The first-order valence-electron chi connectivity index (χ1n) is 4.23. The van der Waals surface area contributed by atoms with Crippen LogP contribution in [-0.2, 0) is 19.6 Å². The van der Waals surface area contributed by atoms with E-state index in [1.807, 2.05) is 0 Å². The van der Waals surface area contributed by atoms with Crippen LogP contribution in [-0.4, -0.2) is 37.8 Å². The molecule has 0 aliphatic rings. The predicted molar refractivity (Wildman–Crippen MR) is 59.8 cm³/mol. The molecule has 0 saturated carbocycles. The summed E-state index contributed by atoms with van der Waals surface area (Å²) in [7, 11) is -3.74. The van der Waals surface area contributed by atoms with Gasteiger partial charge < -0.3 is 10.5 Å². The molecule has 15 heavy (non-hydrogen) atoms. The van der Waals surface area contributed by atoms with Crippen molar-refractivity contribution >= 4 is 33.2 Å². The second-order valence-corrected chi connectivity index (χ2v) is 5.03. The van der Waals surface area contributed by atoms with Crippen LogP contribution < -0.4 is 10.5 Å². The minimum absolute atomic E-state index is 0.0161. The quantitative estimate of drug-likeness (QED) is 0.473. The number of hydrogen-bond donors (Lipinski definition) is 2. The molecule has 0 aromatic carbocycles. The summed E-state index contributed by atoms with van der Waals surface area (Å²) < 4.78 is 29.3. The molecule has 0 saturated heterocycles. The molecule has 0 amide bonds. The topological polar surface area (TPSA) is 98.5 Å². The van der Waals surface area contributed by atoms with E-state index in [-0.39, 0.29) is 11.6 Å². The molecule has 0 aliphatic carbocycles. The Morgan fingerprint density at radius 1 is 1.60 bits per heavy atom. The van der Waals surface area contributed by atoms with Crippen molar-refractivity contribution in [1.29, 1.82) is 0 Å². The first-order valence-corrected chi connectivity index (χ1v) is 6.29. The number of carbonyl (C=O) groups is 1. The van der Waals surface area contributed by atoms with E-state index in [2.05, 4.69) is 21.7 Å². The zero-order chi connectivity index (χ0) is 12.1.